The molecule has 2 aromatic carbocycles. The SMILES string of the molecule is CCNC(=NCc1ccccc1OC)NCc1nc(-c2ccc(OC)cc2)n[nH]1. The van der Waals surface area contributed by atoms with Crippen LogP contribution in [0.25, 0.3) is 11.4 Å². The van der Waals surface area contributed by atoms with Gasteiger partial charge in [-0.3, -0.25) is 5.10 Å². The smallest absolute Gasteiger partial charge is 0.191 e. The van der Waals surface area contributed by atoms with E-state index in [2.05, 4.69) is 30.8 Å². The average molecular weight is 394 g/mol. The zero-order valence-electron chi connectivity index (χ0n) is 16.9. The molecule has 0 saturated carbocycles. The van der Waals surface area contributed by atoms with Crippen LogP contribution >= 0.6 is 0 Å². The molecule has 0 aliphatic carbocycles. The van der Waals surface area contributed by atoms with Gasteiger partial charge in [-0.25, -0.2) is 9.98 Å². The van der Waals surface area contributed by atoms with Crippen LogP contribution in [0, 0.1) is 0 Å². The van der Waals surface area contributed by atoms with Crippen molar-refractivity contribution in [1.82, 2.24) is 25.8 Å². The van der Waals surface area contributed by atoms with Crippen LogP contribution in [0.1, 0.15) is 18.3 Å². The summed E-state index contributed by atoms with van der Waals surface area (Å²) >= 11 is 0. The molecular formula is C21H26N6O2. The number of para-hydroxylation sites is 1. The highest BCUT2D eigenvalue weighted by atomic mass is 16.5. The average Bonchev–Trinajstić information content (AvgIpc) is 3.25. The lowest BCUT2D eigenvalue weighted by molar-refractivity contribution is 0.410. The number of aliphatic imine (C=N–C) groups is 1. The van der Waals surface area contributed by atoms with Gasteiger partial charge in [0, 0.05) is 17.7 Å². The molecule has 3 rings (SSSR count). The number of nitrogens with zero attached hydrogens (tertiary/aromatic N) is 3. The van der Waals surface area contributed by atoms with Crippen molar-refractivity contribution >= 4 is 5.96 Å². The quantitative estimate of drug-likeness (QED) is 0.402. The Morgan fingerprint density at radius 3 is 2.55 bits per heavy atom. The van der Waals surface area contributed by atoms with Crippen molar-refractivity contribution in [3.63, 3.8) is 0 Å². The summed E-state index contributed by atoms with van der Waals surface area (Å²) < 4.78 is 10.6. The topological polar surface area (TPSA) is 96.5 Å². The van der Waals surface area contributed by atoms with Gasteiger partial charge in [0.1, 0.15) is 17.3 Å². The second kappa shape index (κ2) is 10.1. The first-order chi connectivity index (χ1) is 14.2. The molecule has 29 heavy (non-hydrogen) atoms. The molecule has 0 aliphatic heterocycles. The Labute approximate surface area is 170 Å². The molecule has 1 heterocycles. The number of methoxy groups -OCH3 is 2. The number of aromatic nitrogens is 3. The molecule has 152 valence electrons. The van der Waals surface area contributed by atoms with Crippen LogP contribution in [0.2, 0.25) is 0 Å². The zero-order chi connectivity index (χ0) is 20.5. The van der Waals surface area contributed by atoms with E-state index < -0.39 is 0 Å². The normalized spacial score (nSPS) is 11.2. The monoisotopic (exact) mass is 394 g/mol. The van der Waals surface area contributed by atoms with Crippen LogP contribution < -0.4 is 20.1 Å². The minimum absolute atomic E-state index is 0.473. The Bertz CT molecular complexity index is 936. The Hall–Kier alpha value is -3.55. The van der Waals surface area contributed by atoms with Gasteiger partial charge in [-0.15, -0.1) is 0 Å². The Kier molecular flexibility index (Phi) is 7.05. The molecule has 3 N–H and O–H groups in total. The Morgan fingerprint density at radius 2 is 1.83 bits per heavy atom. The highest BCUT2D eigenvalue weighted by Crippen LogP contribution is 2.19. The first kappa shape index (κ1) is 20.2. The molecule has 8 heteroatoms. The van der Waals surface area contributed by atoms with Crippen molar-refractivity contribution in [3.8, 4) is 22.9 Å². The minimum atomic E-state index is 0.473. The molecule has 0 bridgehead atoms. The fourth-order valence-electron chi connectivity index (χ4n) is 2.75. The van der Waals surface area contributed by atoms with Gasteiger partial charge in [-0.1, -0.05) is 18.2 Å². The van der Waals surface area contributed by atoms with Crippen LogP contribution in [0.4, 0.5) is 0 Å². The molecule has 0 saturated heterocycles. The van der Waals surface area contributed by atoms with E-state index in [4.69, 9.17) is 9.47 Å². The number of rotatable bonds is 8. The largest absolute Gasteiger partial charge is 0.497 e. The van der Waals surface area contributed by atoms with Gasteiger partial charge in [0.05, 0.1) is 27.3 Å². The molecule has 0 amide bonds. The van der Waals surface area contributed by atoms with Gasteiger partial charge < -0.3 is 20.1 Å². The summed E-state index contributed by atoms with van der Waals surface area (Å²) in [5.74, 6) is 3.68. The van der Waals surface area contributed by atoms with E-state index in [-0.39, 0.29) is 0 Å². The van der Waals surface area contributed by atoms with Crippen molar-refractivity contribution in [3.05, 3.63) is 59.9 Å². The molecule has 3 aromatic rings. The third-order valence-corrected chi connectivity index (χ3v) is 4.25. The maximum Gasteiger partial charge on any atom is 0.191 e. The minimum Gasteiger partial charge on any atom is -0.497 e. The van der Waals surface area contributed by atoms with Crippen LogP contribution in [-0.2, 0) is 13.1 Å². The fraction of sp³-hybridized carbons (Fsp3) is 0.286. The highest BCUT2D eigenvalue weighted by molar-refractivity contribution is 5.79. The van der Waals surface area contributed by atoms with Gasteiger partial charge in [0.15, 0.2) is 11.8 Å². The van der Waals surface area contributed by atoms with E-state index in [9.17, 15) is 0 Å². The number of aromatic amines is 1. The molecule has 0 unspecified atom stereocenters. The number of H-pyrrole nitrogens is 1. The lowest BCUT2D eigenvalue weighted by atomic mass is 10.2. The van der Waals surface area contributed by atoms with E-state index in [1.165, 1.54) is 0 Å². The Balaban J connectivity index is 1.63. The summed E-state index contributed by atoms with van der Waals surface area (Å²) in [6.45, 7) is 3.76. The summed E-state index contributed by atoms with van der Waals surface area (Å²) in [5.41, 5.74) is 1.94. The molecule has 0 aliphatic rings. The van der Waals surface area contributed by atoms with Crippen molar-refractivity contribution in [1.29, 1.82) is 0 Å². The van der Waals surface area contributed by atoms with Crippen LogP contribution in [-0.4, -0.2) is 41.9 Å². The molecular weight excluding hydrogens is 368 g/mol. The first-order valence-electron chi connectivity index (χ1n) is 9.43. The number of hydrogen-bond donors (Lipinski definition) is 3. The highest BCUT2D eigenvalue weighted by Gasteiger charge is 2.07. The van der Waals surface area contributed by atoms with E-state index in [0.717, 1.165) is 35.0 Å². The molecule has 0 atom stereocenters. The lowest BCUT2D eigenvalue weighted by Crippen LogP contribution is -2.37. The Morgan fingerprint density at radius 1 is 1.03 bits per heavy atom. The molecule has 8 nitrogen and oxygen atoms in total. The molecule has 0 fully saturated rings. The van der Waals surface area contributed by atoms with Crippen molar-refractivity contribution in [2.24, 2.45) is 4.99 Å². The summed E-state index contributed by atoms with van der Waals surface area (Å²) in [6, 6.07) is 15.5. The van der Waals surface area contributed by atoms with Crippen LogP contribution in [0.5, 0.6) is 11.5 Å². The van der Waals surface area contributed by atoms with E-state index in [1.807, 2.05) is 55.5 Å². The van der Waals surface area contributed by atoms with Crippen LogP contribution in [0.3, 0.4) is 0 Å². The second-order valence-corrected chi connectivity index (χ2v) is 6.19. The van der Waals surface area contributed by atoms with Gasteiger partial charge >= 0.3 is 0 Å². The predicted octanol–water partition coefficient (Wildman–Crippen LogP) is 2.74. The van der Waals surface area contributed by atoms with Crippen molar-refractivity contribution in [2.45, 2.75) is 20.0 Å². The zero-order valence-corrected chi connectivity index (χ0v) is 16.9. The number of nitrogens with one attached hydrogen (secondary N) is 3. The molecule has 0 radical (unpaired) electrons. The number of ether oxygens (including phenoxy) is 2. The third-order valence-electron chi connectivity index (χ3n) is 4.25. The van der Waals surface area contributed by atoms with Gasteiger partial charge in [0.2, 0.25) is 0 Å². The molecule has 1 aromatic heterocycles. The van der Waals surface area contributed by atoms with E-state index in [1.54, 1.807) is 14.2 Å². The summed E-state index contributed by atoms with van der Waals surface area (Å²) in [5, 5.41) is 13.8. The summed E-state index contributed by atoms with van der Waals surface area (Å²) in [4.78, 5) is 9.17. The van der Waals surface area contributed by atoms with Crippen LogP contribution in [0.15, 0.2) is 53.5 Å². The van der Waals surface area contributed by atoms with Crippen molar-refractivity contribution in [2.75, 3.05) is 20.8 Å². The van der Waals surface area contributed by atoms with Gasteiger partial charge in [0.25, 0.3) is 0 Å². The maximum absolute atomic E-state index is 5.39. The van der Waals surface area contributed by atoms with Crippen molar-refractivity contribution < 1.29 is 9.47 Å². The summed E-state index contributed by atoms with van der Waals surface area (Å²) in [6.07, 6.45) is 0. The lowest BCUT2D eigenvalue weighted by Gasteiger charge is -2.11. The number of guanidine groups is 1. The standard InChI is InChI=1S/C21H26N6O2/c1-4-22-21(23-13-16-7-5-6-8-18(16)29-3)24-14-19-25-20(27-26-19)15-9-11-17(28-2)12-10-15/h5-12H,4,13-14H2,1-3H3,(H2,22,23,24)(H,25,26,27). The molecule has 0 spiro atoms. The maximum atomic E-state index is 5.39. The number of hydrogen-bond acceptors (Lipinski definition) is 5. The third kappa shape index (κ3) is 5.47. The van der Waals surface area contributed by atoms with E-state index in [0.29, 0.717) is 24.9 Å². The summed E-state index contributed by atoms with van der Waals surface area (Å²) in [7, 11) is 3.30. The predicted molar refractivity (Wildman–Crippen MR) is 113 cm³/mol. The number of benzene rings is 2. The van der Waals surface area contributed by atoms with Gasteiger partial charge in [-0.2, -0.15) is 5.10 Å². The fourth-order valence-corrected chi connectivity index (χ4v) is 2.75. The second-order valence-electron chi connectivity index (χ2n) is 6.19. The van der Waals surface area contributed by atoms with Gasteiger partial charge in [-0.05, 0) is 37.3 Å². The first-order valence-corrected chi connectivity index (χ1v) is 9.43. The van der Waals surface area contributed by atoms with E-state index >= 15 is 0 Å².